The summed E-state index contributed by atoms with van der Waals surface area (Å²) >= 11 is 0. The molecular formula is C30H53NO. The lowest BCUT2D eigenvalue weighted by Crippen LogP contribution is -2.55. The Bertz CT molecular complexity index is 680. The van der Waals surface area contributed by atoms with Crippen LogP contribution in [0.25, 0.3) is 0 Å². The number of rotatable bonds is 6. The van der Waals surface area contributed by atoms with Gasteiger partial charge in [0, 0.05) is 17.5 Å². The van der Waals surface area contributed by atoms with E-state index in [2.05, 4.69) is 52.9 Å². The molecule has 8 atom stereocenters. The van der Waals surface area contributed by atoms with E-state index < -0.39 is 0 Å². The molecule has 3 fully saturated rings. The predicted octanol–water partition coefficient (Wildman–Crippen LogP) is 8.37. The fourth-order valence-electron chi connectivity index (χ4n) is 8.76. The molecule has 2 nitrogen and oxygen atoms in total. The molecule has 6 unspecified atom stereocenters. The highest BCUT2D eigenvalue weighted by atomic mass is 16.1. The molecule has 1 saturated heterocycles. The second kappa shape index (κ2) is 10.2. The van der Waals surface area contributed by atoms with Gasteiger partial charge < -0.3 is 5.32 Å². The summed E-state index contributed by atoms with van der Waals surface area (Å²) in [6, 6.07) is 0. The number of amides is 1. The Labute approximate surface area is 199 Å². The van der Waals surface area contributed by atoms with Crippen LogP contribution < -0.4 is 5.32 Å². The summed E-state index contributed by atoms with van der Waals surface area (Å²) in [5.41, 5.74) is 2.02. The van der Waals surface area contributed by atoms with Crippen molar-refractivity contribution < 1.29 is 4.79 Å². The van der Waals surface area contributed by atoms with E-state index in [4.69, 9.17) is 0 Å². The molecule has 4 aliphatic rings. The molecule has 1 aliphatic heterocycles. The summed E-state index contributed by atoms with van der Waals surface area (Å²) in [5, 5.41) is 3.31. The fraction of sp³-hybridized carbons (Fsp3) is 0.900. The summed E-state index contributed by atoms with van der Waals surface area (Å²) in [5.74, 6) is 5.98. The SMILES string of the molecule is CC.CCC1C=C2NC(=O)CC[C@]2(C)C2CC[C@]3(C)C(C(C)CCCC(C)C)CCC3C12. The van der Waals surface area contributed by atoms with Crippen molar-refractivity contribution in [1.82, 2.24) is 5.32 Å². The van der Waals surface area contributed by atoms with Gasteiger partial charge in [0.25, 0.3) is 0 Å². The number of hydrogen-bond donors (Lipinski definition) is 1. The lowest BCUT2D eigenvalue weighted by Gasteiger charge is -2.59. The van der Waals surface area contributed by atoms with E-state index >= 15 is 0 Å². The van der Waals surface area contributed by atoms with Crippen molar-refractivity contribution in [2.75, 3.05) is 0 Å². The summed E-state index contributed by atoms with van der Waals surface area (Å²) in [6.45, 7) is 18.8. The second-order valence-electron chi connectivity index (χ2n) is 12.4. The first kappa shape index (κ1) is 25.8. The molecular weight excluding hydrogens is 390 g/mol. The van der Waals surface area contributed by atoms with Gasteiger partial charge in [0.05, 0.1) is 0 Å². The summed E-state index contributed by atoms with van der Waals surface area (Å²) < 4.78 is 0. The number of nitrogens with one attached hydrogen (secondary N) is 1. The zero-order valence-corrected chi connectivity index (χ0v) is 22.6. The third-order valence-corrected chi connectivity index (χ3v) is 10.5. The summed E-state index contributed by atoms with van der Waals surface area (Å²) in [7, 11) is 0. The molecule has 0 aromatic rings. The molecule has 0 aromatic heterocycles. The number of hydrogen-bond acceptors (Lipinski definition) is 1. The quantitative estimate of drug-likeness (QED) is 0.439. The topological polar surface area (TPSA) is 29.1 Å². The fourth-order valence-corrected chi connectivity index (χ4v) is 8.76. The molecule has 0 spiro atoms. The number of piperidine rings is 1. The van der Waals surface area contributed by atoms with Crippen LogP contribution in [0, 0.1) is 52.3 Å². The van der Waals surface area contributed by atoms with Gasteiger partial charge in [0.2, 0.25) is 5.91 Å². The first-order valence-corrected chi connectivity index (χ1v) is 14.2. The largest absolute Gasteiger partial charge is 0.330 e. The predicted molar refractivity (Wildman–Crippen MR) is 137 cm³/mol. The maximum atomic E-state index is 12.1. The zero-order valence-electron chi connectivity index (χ0n) is 22.6. The van der Waals surface area contributed by atoms with E-state index in [0.717, 1.165) is 41.9 Å². The Morgan fingerprint density at radius 1 is 1.03 bits per heavy atom. The van der Waals surface area contributed by atoms with Crippen molar-refractivity contribution >= 4 is 5.91 Å². The van der Waals surface area contributed by atoms with E-state index in [1.54, 1.807) is 0 Å². The minimum Gasteiger partial charge on any atom is -0.330 e. The molecule has 3 aliphatic carbocycles. The van der Waals surface area contributed by atoms with Crippen LogP contribution in [-0.4, -0.2) is 5.91 Å². The Morgan fingerprint density at radius 2 is 1.75 bits per heavy atom. The van der Waals surface area contributed by atoms with Gasteiger partial charge in [-0.05, 0) is 85.4 Å². The zero-order chi connectivity index (χ0) is 23.7. The molecule has 1 amide bonds. The molecule has 2 saturated carbocycles. The van der Waals surface area contributed by atoms with Gasteiger partial charge >= 0.3 is 0 Å². The van der Waals surface area contributed by atoms with Crippen molar-refractivity contribution in [1.29, 1.82) is 0 Å². The number of fused-ring (bicyclic) bond motifs is 5. The summed E-state index contributed by atoms with van der Waals surface area (Å²) in [6.07, 6.45) is 15.4. The molecule has 0 aromatic carbocycles. The maximum absolute atomic E-state index is 12.1. The van der Waals surface area contributed by atoms with Crippen LogP contribution >= 0.6 is 0 Å². The van der Waals surface area contributed by atoms with Crippen molar-refractivity contribution in [3.8, 4) is 0 Å². The van der Waals surface area contributed by atoms with Gasteiger partial charge in [-0.3, -0.25) is 4.79 Å². The number of carbonyl (C=O) groups is 1. The van der Waals surface area contributed by atoms with Gasteiger partial charge in [-0.25, -0.2) is 0 Å². The molecule has 4 rings (SSSR count). The third kappa shape index (κ3) is 4.46. The highest BCUT2D eigenvalue weighted by Gasteiger charge is 2.61. The Kier molecular flexibility index (Phi) is 8.25. The molecule has 1 heterocycles. The lowest BCUT2D eigenvalue weighted by molar-refractivity contribution is -0.126. The molecule has 32 heavy (non-hydrogen) atoms. The highest BCUT2D eigenvalue weighted by molar-refractivity contribution is 5.79. The summed E-state index contributed by atoms with van der Waals surface area (Å²) in [4.78, 5) is 12.1. The molecule has 1 N–H and O–H groups in total. The van der Waals surface area contributed by atoms with Crippen LogP contribution in [-0.2, 0) is 4.79 Å². The maximum Gasteiger partial charge on any atom is 0.224 e. The monoisotopic (exact) mass is 443 g/mol. The highest BCUT2D eigenvalue weighted by Crippen LogP contribution is 2.67. The Hall–Kier alpha value is -0.790. The van der Waals surface area contributed by atoms with Crippen LogP contribution in [0.5, 0.6) is 0 Å². The number of carbonyl (C=O) groups excluding carboxylic acids is 1. The average Bonchev–Trinajstić information content (AvgIpc) is 3.12. The van der Waals surface area contributed by atoms with E-state index in [1.165, 1.54) is 57.1 Å². The molecule has 184 valence electrons. The normalized spacial score (nSPS) is 41.5. The lowest BCUT2D eigenvalue weighted by atomic mass is 9.46. The van der Waals surface area contributed by atoms with E-state index in [0.29, 0.717) is 17.8 Å². The van der Waals surface area contributed by atoms with Gasteiger partial charge in [-0.2, -0.15) is 0 Å². The van der Waals surface area contributed by atoms with Crippen LogP contribution in [0.15, 0.2) is 11.8 Å². The molecule has 0 bridgehead atoms. The smallest absolute Gasteiger partial charge is 0.224 e. The van der Waals surface area contributed by atoms with Gasteiger partial charge in [0.15, 0.2) is 0 Å². The van der Waals surface area contributed by atoms with Crippen LogP contribution in [0.2, 0.25) is 0 Å². The average molecular weight is 444 g/mol. The molecule has 0 radical (unpaired) electrons. The Morgan fingerprint density at radius 3 is 2.41 bits per heavy atom. The van der Waals surface area contributed by atoms with Crippen LogP contribution in [0.3, 0.4) is 0 Å². The van der Waals surface area contributed by atoms with Gasteiger partial charge in [0.1, 0.15) is 0 Å². The molecule has 2 heteroatoms. The van der Waals surface area contributed by atoms with Crippen molar-refractivity contribution in [3.05, 3.63) is 11.8 Å². The Balaban J connectivity index is 0.00000141. The van der Waals surface area contributed by atoms with E-state index in [-0.39, 0.29) is 11.3 Å². The standard InChI is InChI=1S/C28H47NO.C2H6/c1-7-20-17-24-28(6,16-14-25(30)29-24)23-13-15-27(5)21(11-12-22(27)26(20)23)19(4)10-8-9-18(2)3;1-2/h17-23,26H,7-16H2,1-6H3,(H,29,30);1-2H3/t19?,20?,21?,22?,23?,26?,27-,28-;/m1./s1. The minimum atomic E-state index is 0.201. The first-order valence-electron chi connectivity index (χ1n) is 14.2. The van der Waals surface area contributed by atoms with Crippen molar-refractivity contribution in [2.24, 2.45) is 52.3 Å². The van der Waals surface area contributed by atoms with Crippen LogP contribution in [0.1, 0.15) is 120 Å². The van der Waals surface area contributed by atoms with Crippen molar-refractivity contribution in [2.45, 2.75) is 120 Å². The second-order valence-corrected chi connectivity index (χ2v) is 12.4. The van der Waals surface area contributed by atoms with Gasteiger partial charge in [-0.1, -0.05) is 80.7 Å². The third-order valence-electron chi connectivity index (χ3n) is 10.5. The van der Waals surface area contributed by atoms with E-state index in [1.807, 2.05) is 13.8 Å². The van der Waals surface area contributed by atoms with Crippen LogP contribution in [0.4, 0.5) is 0 Å². The van der Waals surface area contributed by atoms with Gasteiger partial charge in [-0.15, -0.1) is 0 Å². The minimum absolute atomic E-state index is 0.201. The van der Waals surface area contributed by atoms with E-state index in [9.17, 15) is 4.79 Å². The number of allylic oxidation sites excluding steroid dienone is 2. The first-order chi connectivity index (χ1) is 15.2. The van der Waals surface area contributed by atoms with Crippen molar-refractivity contribution in [3.63, 3.8) is 0 Å².